The van der Waals surface area contributed by atoms with Gasteiger partial charge in [0.15, 0.2) is 0 Å². The summed E-state index contributed by atoms with van der Waals surface area (Å²) in [7, 11) is -3.83. The number of sulfone groups is 1. The smallest absolute Gasteiger partial charge is 0.233 e. The molecule has 1 unspecified atom stereocenters. The van der Waals surface area contributed by atoms with Crippen LogP contribution in [-0.4, -0.2) is 32.7 Å². The average Bonchev–Trinajstić information content (AvgIpc) is 3.38. The molecule has 0 saturated carbocycles. The maximum absolute atomic E-state index is 13.1. The molecule has 0 radical (unpaired) electrons. The fraction of sp³-hybridized carbons (Fsp3) is 0.250. The summed E-state index contributed by atoms with van der Waals surface area (Å²) in [6.07, 6.45) is 1.97. The SMILES string of the molecule is O=S(=O)(c1ccccc1)c1nc(-c2ccc(Br)cc2)oc1NCC1CCCO1. The molecule has 8 heteroatoms. The number of hydrogen-bond acceptors (Lipinski definition) is 6. The zero-order valence-electron chi connectivity index (χ0n) is 15.0. The average molecular weight is 463 g/mol. The first-order valence-electron chi connectivity index (χ1n) is 8.96. The van der Waals surface area contributed by atoms with Gasteiger partial charge in [-0.25, -0.2) is 8.42 Å². The van der Waals surface area contributed by atoms with Gasteiger partial charge in [-0.05, 0) is 49.2 Å². The molecule has 2 aromatic carbocycles. The molecule has 28 heavy (non-hydrogen) atoms. The van der Waals surface area contributed by atoms with E-state index in [0.717, 1.165) is 23.9 Å². The lowest BCUT2D eigenvalue weighted by Crippen LogP contribution is -2.19. The third kappa shape index (κ3) is 3.99. The Labute approximate surface area is 172 Å². The normalized spacial score (nSPS) is 17.0. The molecule has 1 aromatic heterocycles. The van der Waals surface area contributed by atoms with Gasteiger partial charge in [0.2, 0.25) is 26.6 Å². The van der Waals surface area contributed by atoms with Crippen LogP contribution in [0, 0.1) is 0 Å². The molecule has 3 aromatic rings. The predicted molar refractivity (Wildman–Crippen MR) is 109 cm³/mol. The minimum Gasteiger partial charge on any atom is -0.419 e. The molecular weight excluding hydrogens is 444 g/mol. The van der Waals surface area contributed by atoms with E-state index < -0.39 is 9.84 Å². The van der Waals surface area contributed by atoms with Crippen LogP contribution < -0.4 is 5.32 Å². The fourth-order valence-corrected chi connectivity index (χ4v) is 4.60. The number of halogens is 1. The standard InChI is InChI=1S/C20H19BrN2O4S/c21-15-10-8-14(9-11-15)18-23-20(28(24,25)17-6-2-1-3-7-17)19(27-18)22-13-16-5-4-12-26-16/h1-3,6-11,16,22H,4-5,12-13H2. The van der Waals surface area contributed by atoms with Crippen LogP contribution in [0.4, 0.5) is 5.88 Å². The van der Waals surface area contributed by atoms with Crippen LogP contribution in [0.2, 0.25) is 0 Å². The zero-order valence-corrected chi connectivity index (χ0v) is 17.4. The van der Waals surface area contributed by atoms with Crippen LogP contribution >= 0.6 is 15.9 Å². The van der Waals surface area contributed by atoms with Gasteiger partial charge in [0.1, 0.15) is 0 Å². The van der Waals surface area contributed by atoms with Gasteiger partial charge >= 0.3 is 0 Å². The minimum atomic E-state index is -3.83. The summed E-state index contributed by atoms with van der Waals surface area (Å²) in [5.74, 6) is 0.383. The highest BCUT2D eigenvalue weighted by Gasteiger charge is 2.29. The number of oxazole rings is 1. The molecule has 146 valence electrons. The Hall–Kier alpha value is -2.16. The van der Waals surface area contributed by atoms with Crippen molar-refractivity contribution in [2.75, 3.05) is 18.5 Å². The molecule has 1 atom stereocenters. The Kier molecular flexibility index (Phi) is 5.52. The second kappa shape index (κ2) is 8.06. The first kappa shape index (κ1) is 19.2. The molecule has 0 bridgehead atoms. The third-order valence-electron chi connectivity index (χ3n) is 4.51. The highest BCUT2D eigenvalue weighted by Crippen LogP contribution is 2.33. The van der Waals surface area contributed by atoms with Crippen molar-refractivity contribution < 1.29 is 17.6 Å². The number of anilines is 1. The molecule has 1 saturated heterocycles. The van der Waals surface area contributed by atoms with Crippen LogP contribution in [0.5, 0.6) is 0 Å². The topological polar surface area (TPSA) is 81.4 Å². The van der Waals surface area contributed by atoms with Crippen molar-refractivity contribution in [2.24, 2.45) is 0 Å². The highest BCUT2D eigenvalue weighted by molar-refractivity contribution is 9.10. The molecule has 2 heterocycles. The molecule has 4 rings (SSSR count). The minimum absolute atomic E-state index is 0.0357. The Morgan fingerprint density at radius 2 is 1.86 bits per heavy atom. The summed E-state index contributed by atoms with van der Waals surface area (Å²) >= 11 is 3.39. The van der Waals surface area contributed by atoms with Crippen molar-refractivity contribution in [1.29, 1.82) is 0 Å². The molecule has 0 amide bonds. The monoisotopic (exact) mass is 462 g/mol. The van der Waals surface area contributed by atoms with Gasteiger partial charge in [-0.1, -0.05) is 34.1 Å². The molecule has 1 N–H and O–H groups in total. The van der Waals surface area contributed by atoms with Gasteiger partial charge in [0, 0.05) is 23.2 Å². The summed E-state index contributed by atoms with van der Waals surface area (Å²) in [5, 5.41) is 2.97. The number of nitrogens with one attached hydrogen (secondary N) is 1. The van der Waals surface area contributed by atoms with Gasteiger partial charge in [-0.3, -0.25) is 0 Å². The Morgan fingerprint density at radius 1 is 1.11 bits per heavy atom. The van der Waals surface area contributed by atoms with Crippen molar-refractivity contribution in [3.05, 3.63) is 59.1 Å². The van der Waals surface area contributed by atoms with E-state index in [9.17, 15) is 8.42 Å². The summed E-state index contributed by atoms with van der Waals surface area (Å²) in [4.78, 5) is 4.50. The summed E-state index contributed by atoms with van der Waals surface area (Å²) in [6, 6.07) is 15.6. The number of benzene rings is 2. The number of aromatic nitrogens is 1. The van der Waals surface area contributed by atoms with Gasteiger partial charge in [-0.15, -0.1) is 0 Å². The van der Waals surface area contributed by atoms with E-state index in [1.807, 2.05) is 24.3 Å². The van der Waals surface area contributed by atoms with E-state index in [4.69, 9.17) is 9.15 Å². The molecule has 0 spiro atoms. The lowest BCUT2D eigenvalue weighted by molar-refractivity contribution is 0.120. The van der Waals surface area contributed by atoms with Gasteiger partial charge in [-0.2, -0.15) is 4.98 Å². The van der Waals surface area contributed by atoms with Crippen LogP contribution in [0.3, 0.4) is 0 Å². The molecule has 1 aliphatic heterocycles. The third-order valence-corrected chi connectivity index (χ3v) is 6.72. The molecule has 0 aliphatic carbocycles. The van der Waals surface area contributed by atoms with E-state index in [1.165, 1.54) is 0 Å². The highest BCUT2D eigenvalue weighted by atomic mass is 79.9. The van der Waals surface area contributed by atoms with E-state index in [0.29, 0.717) is 12.1 Å². The van der Waals surface area contributed by atoms with E-state index in [1.54, 1.807) is 30.3 Å². The van der Waals surface area contributed by atoms with Crippen molar-refractivity contribution in [2.45, 2.75) is 28.9 Å². The van der Waals surface area contributed by atoms with Crippen molar-refractivity contribution in [1.82, 2.24) is 4.98 Å². The van der Waals surface area contributed by atoms with Crippen LogP contribution in [0.15, 0.2) is 73.4 Å². The molecule has 6 nitrogen and oxygen atoms in total. The van der Waals surface area contributed by atoms with E-state index >= 15 is 0 Å². The maximum Gasteiger partial charge on any atom is 0.233 e. The lowest BCUT2D eigenvalue weighted by Gasteiger charge is -2.10. The van der Waals surface area contributed by atoms with Crippen molar-refractivity contribution >= 4 is 31.7 Å². The van der Waals surface area contributed by atoms with Crippen molar-refractivity contribution in [3.8, 4) is 11.5 Å². The zero-order chi connectivity index (χ0) is 19.6. The summed E-state index contributed by atoms with van der Waals surface area (Å²) in [5.41, 5.74) is 0.692. The van der Waals surface area contributed by atoms with E-state index in [-0.39, 0.29) is 27.8 Å². The Bertz CT molecular complexity index is 1040. The molecule has 1 fully saturated rings. The molecule has 1 aliphatic rings. The van der Waals surface area contributed by atoms with Gasteiger partial charge in [0.25, 0.3) is 0 Å². The number of ether oxygens (including phenoxy) is 1. The van der Waals surface area contributed by atoms with Crippen LogP contribution in [0.1, 0.15) is 12.8 Å². The Balaban J connectivity index is 1.72. The number of rotatable bonds is 6. The summed E-state index contributed by atoms with van der Waals surface area (Å²) in [6.45, 7) is 1.19. The Morgan fingerprint density at radius 3 is 2.54 bits per heavy atom. The second-order valence-corrected chi connectivity index (χ2v) is 9.27. The van der Waals surface area contributed by atoms with Crippen LogP contribution in [-0.2, 0) is 14.6 Å². The van der Waals surface area contributed by atoms with Crippen LogP contribution in [0.25, 0.3) is 11.5 Å². The second-order valence-electron chi connectivity index (χ2n) is 6.49. The quantitative estimate of drug-likeness (QED) is 0.579. The summed E-state index contributed by atoms with van der Waals surface area (Å²) < 4.78 is 38.7. The van der Waals surface area contributed by atoms with Gasteiger partial charge in [0.05, 0.1) is 11.0 Å². The maximum atomic E-state index is 13.1. The fourth-order valence-electron chi connectivity index (χ4n) is 3.04. The number of hydrogen-bond donors (Lipinski definition) is 1. The first-order valence-corrected chi connectivity index (χ1v) is 11.2. The lowest BCUT2D eigenvalue weighted by atomic mass is 10.2. The largest absolute Gasteiger partial charge is 0.419 e. The van der Waals surface area contributed by atoms with Crippen molar-refractivity contribution in [3.63, 3.8) is 0 Å². The van der Waals surface area contributed by atoms with E-state index in [2.05, 4.69) is 26.2 Å². The molecular formula is C20H19BrN2O4S. The van der Waals surface area contributed by atoms with Gasteiger partial charge < -0.3 is 14.5 Å². The predicted octanol–water partition coefficient (Wildman–Crippen LogP) is 4.53. The number of nitrogens with zero attached hydrogens (tertiary/aromatic N) is 1. The first-order chi connectivity index (χ1) is 13.5.